The third kappa shape index (κ3) is 2.30. The molecule has 6 nitrogen and oxygen atoms in total. The summed E-state index contributed by atoms with van der Waals surface area (Å²) in [4.78, 5) is 26.8. The summed E-state index contributed by atoms with van der Waals surface area (Å²) in [6.45, 7) is 0. The van der Waals surface area contributed by atoms with Crippen LogP contribution in [0, 0.1) is 0 Å². The number of H-pyrrole nitrogens is 1. The summed E-state index contributed by atoms with van der Waals surface area (Å²) in [7, 11) is 0. The van der Waals surface area contributed by atoms with Crippen LogP contribution in [-0.4, -0.2) is 42.9 Å². The van der Waals surface area contributed by atoms with Crippen LogP contribution >= 0.6 is 23.5 Å². The van der Waals surface area contributed by atoms with Crippen molar-refractivity contribution in [3.63, 3.8) is 0 Å². The van der Waals surface area contributed by atoms with E-state index in [1.54, 1.807) is 16.7 Å². The van der Waals surface area contributed by atoms with E-state index in [-0.39, 0.29) is 11.5 Å². The number of hydrogen-bond acceptors (Lipinski definition) is 6. The highest BCUT2D eigenvalue weighted by Gasteiger charge is 2.37. The number of thioether (sulfide) groups is 2. The fourth-order valence-corrected chi connectivity index (χ4v) is 3.82. The van der Waals surface area contributed by atoms with Gasteiger partial charge in [0.1, 0.15) is 6.20 Å². The first kappa shape index (κ1) is 11.8. The zero-order valence-corrected chi connectivity index (χ0v) is 11.0. The van der Waals surface area contributed by atoms with Crippen LogP contribution in [0.25, 0.3) is 0 Å². The zero-order chi connectivity index (χ0) is 12.5. The maximum atomic E-state index is 11.3. The summed E-state index contributed by atoms with van der Waals surface area (Å²) in [5, 5.41) is 8.26. The number of hydrogen-bond donors (Lipinski definition) is 1. The molecule has 1 N–H and O–H groups in total. The van der Waals surface area contributed by atoms with Crippen LogP contribution in [0.4, 0.5) is 0 Å². The first-order valence-corrected chi connectivity index (χ1v) is 7.43. The third-order valence-electron chi connectivity index (χ3n) is 2.68. The first-order valence-electron chi connectivity index (χ1n) is 5.39. The van der Waals surface area contributed by atoms with Gasteiger partial charge in [-0.1, -0.05) is 11.8 Å². The monoisotopic (exact) mass is 282 g/mol. The molecule has 3 heterocycles. The molecule has 1 aromatic rings. The van der Waals surface area contributed by atoms with E-state index in [0.29, 0.717) is 22.7 Å². The van der Waals surface area contributed by atoms with Gasteiger partial charge in [0.05, 0.1) is 11.8 Å². The molecule has 1 amide bonds. The van der Waals surface area contributed by atoms with Gasteiger partial charge >= 0.3 is 0 Å². The maximum absolute atomic E-state index is 11.3. The second-order valence-electron chi connectivity index (χ2n) is 3.99. The molecule has 3 rings (SSSR count). The number of nitrogens with zero attached hydrogens (tertiary/aromatic N) is 3. The van der Waals surface area contributed by atoms with E-state index in [1.807, 2.05) is 6.20 Å². The Morgan fingerprint density at radius 1 is 1.56 bits per heavy atom. The molecule has 2 aliphatic heterocycles. The van der Waals surface area contributed by atoms with Crippen LogP contribution in [0.1, 0.15) is 6.42 Å². The summed E-state index contributed by atoms with van der Waals surface area (Å²) in [6, 6.07) is 0. The van der Waals surface area contributed by atoms with E-state index in [9.17, 15) is 9.59 Å². The molecular weight excluding hydrogens is 272 g/mol. The van der Waals surface area contributed by atoms with E-state index >= 15 is 0 Å². The Labute approximate surface area is 111 Å². The molecular formula is C10H10N4O2S2. The molecule has 18 heavy (non-hydrogen) atoms. The summed E-state index contributed by atoms with van der Waals surface area (Å²) < 4.78 is 0. The lowest BCUT2D eigenvalue weighted by molar-refractivity contribution is -0.137. The zero-order valence-electron chi connectivity index (χ0n) is 9.33. The van der Waals surface area contributed by atoms with Crippen LogP contribution in [-0.2, 0) is 4.79 Å². The summed E-state index contributed by atoms with van der Waals surface area (Å²) in [6.07, 6.45) is 3.72. The van der Waals surface area contributed by atoms with Crippen LogP contribution in [0.2, 0.25) is 0 Å². The normalized spacial score (nSPS) is 22.2. The van der Waals surface area contributed by atoms with E-state index in [2.05, 4.69) is 15.2 Å². The molecule has 1 saturated heterocycles. The lowest BCUT2D eigenvalue weighted by Gasteiger charge is -2.41. The average molecular weight is 282 g/mol. The standard InChI is InChI=1S/C10H10N4O2S2/c15-7-2-11-13-10(12-7)18-5-6-3-14-8(16)1-9(14)17-4-6/h2-3,9H,1,4-5H2,(H,12,13,15)/t9-/m1/s1. The van der Waals surface area contributed by atoms with Gasteiger partial charge in [0.2, 0.25) is 5.91 Å². The highest BCUT2D eigenvalue weighted by molar-refractivity contribution is 8.00. The number of β-lactam (4-membered cyclic amide) rings is 1. The Hall–Kier alpha value is -1.28. The highest BCUT2D eigenvalue weighted by atomic mass is 32.2. The number of fused-ring (bicyclic) bond motifs is 1. The average Bonchev–Trinajstić information content (AvgIpc) is 2.36. The molecule has 2 aliphatic rings. The van der Waals surface area contributed by atoms with Crippen molar-refractivity contribution >= 4 is 29.4 Å². The van der Waals surface area contributed by atoms with Crippen molar-refractivity contribution in [3.8, 4) is 0 Å². The number of aromatic nitrogens is 3. The number of carbonyl (C=O) groups excluding carboxylic acids is 1. The number of nitrogens with one attached hydrogen (secondary N) is 1. The Morgan fingerprint density at radius 2 is 2.44 bits per heavy atom. The molecule has 0 saturated carbocycles. The fraction of sp³-hybridized carbons (Fsp3) is 0.400. The molecule has 1 aromatic heterocycles. The van der Waals surface area contributed by atoms with Crippen molar-refractivity contribution < 1.29 is 4.79 Å². The van der Waals surface area contributed by atoms with Crippen molar-refractivity contribution in [2.24, 2.45) is 0 Å². The Balaban J connectivity index is 1.64. The van der Waals surface area contributed by atoms with Gasteiger partial charge in [0.25, 0.3) is 5.56 Å². The smallest absolute Gasteiger partial charge is 0.270 e. The minimum absolute atomic E-state index is 0.183. The molecule has 0 spiro atoms. The van der Waals surface area contributed by atoms with Gasteiger partial charge in [-0.05, 0) is 5.57 Å². The van der Waals surface area contributed by atoms with Gasteiger partial charge in [-0.15, -0.1) is 16.9 Å². The SMILES string of the molecule is O=C1C[C@H]2SCC(CSc3nncc(=O)[nH]3)=CN12. The predicted molar refractivity (Wildman–Crippen MR) is 69.2 cm³/mol. The van der Waals surface area contributed by atoms with E-state index < -0.39 is 0 Å². The van der Waals surface area contributed by atoms with Crippen LogP contribution in [0.3, 0.4) is 0 Å². The van der Waals surface area contributed by atoms with Gasteiger partial charge in [-0.25, -0.2) is 0 Å². The van der Waals surface area contributed by atoms with Crippen molar-refractivity contribution in [1.29, 1.82) is 0 Å². The van der Waals surface area contributed by atoms with Gasteiger partial charge in [0, 0.05) is 17.7 Å². The third-order valence-corrected chi connectivity index (χ3v) is 4.97. The predicted octanol–water partition coefficient (Wildman–Crippen LogP) is 0.446. The van der Waals surface area contributed by atoms with Gasteiger partial charge in [-0.2, -0.15) is 5.10 Å². The summed E-state index contributed by atoms with van der Waals surface area (Å²) in [5.74, 6) is 1.81. The number of carbonyl (C=O) groups is 1. The van der Waals surface area contributed by atoms with E-state index in [0.717, 1.165) is 11.9 Å². The highest BCUT2D eigenvalue weighted by Crippen LogP contribution is 2.36. The minimum Gasteiger partial charge on any atom is -0.306 e. The van der Waals surface area contributed by atoms with Gasteiger partial charge in [0.15, 0.2) is 5.16 Å². The van der Waals surface area contributed by atoms with Crippen LogP contribution in [0.15, 0.2) is 27.9 Å². The van der Waals surface area contributed by atoms with Gasteiger partial charge in [-0.3, -0.25) is 14.6 Å². The number of rotatable bonds is 3. The minimum atomic E-state index is -0.252. The summed E-state index contributed by atoms with van der Waals surface area (Å²) >= 11 is 3.20. The Bertz CT molecular complexity index is 571. The molecule has 0 aromatic carbocycles. The van der Waals surface area contributed by atoms with Crippen molar-refractivity contribution in [2.45, 2.75) is 17.0 Å². The molecule has 1 atom stereocenters. The van der Waals surface area contributed by atoms with E-state index in [1.165, 1.54) is 17.3 Å². The quantitative estimate of drug-likeness (QED) is 0.640. The number of amides is 1. The molecule has 0 radical (unpaired) electrons. The second kappa shape index (κ2) is 4.77. The topological polar surface area (TPSA) is 79.0 Å². The van der Waals surface area contributed by atoms with Crippen molar-refractivity contribution in [1.82, 2.24) is 20.1 Å². The summed E-state index contributed by atoms with van der Waals surface area (Å²) in [5.41, 5.74) is 0.915. The van der Waals surface area contributed by atoms with Gasteiger partial charge < -0.3 is 4.90 Å². The Kier molecular flexibility index (Phi) is 3.13. The van der Waals surface area contributed by atoms with Crippen LogP contribution in [0.5, 0.6) is 0 Å². The molecule has 0 bridgehead atoms. The maximum Gasteiger partial charge on any atom is 0.270 e. The molecule has 94 valence electrons. The molecule has 8 heteroatoms. The molecule has 1 fully saturated rings. The lowest BCUT2D eigenvalue weighted by atomic mass is 10.2. The van der Waals surface area contributed by atoms with Crippen molar-refractivity contribution in [2.75, 3.05) is 11.5 Å². The Morgan fingerprint density at radius 3 is 3.22 bits per heavy atom. The molecule has 0 aliphatic carbocycles. The lowest BCUT2D eigenvalue weighted by Crippen LogP contribution is -2.49. The van der Waals surface area contributed by atoms with Crippen molar-refractivity contribution in [3.05, 3.63) is 28.3 Å². The number of aromatic amines is 1. The van der Waals surface area contributed by atoms with E-state index in [4.69, 9.17) is 0 Å². The largest absolute Gasteiger partial charge is 0.306 e. The second-order valence-corrected chi connectivity index (χ2v) is 6.12. The molecule has 0 unspecified atom stereocenters. The fourth-order valence-electron chi connectivity index (χ4n) is 1.73. The van der Waals surface area contributed by atoms with Crippen LogP contribution < -0.4 is 5.56 Å². The first-order chi connectivity index (χ1) is 8.72.